The molecular formula is C15H20N2O3. The molecule has 1 heterocycles. The monoisotopic (exact) mass is 276 g/mol. The van der Waals surface area contributed by atoms with Crippen molar-refractivity contribution in [3.63, 3.8) is 0 Å². The Kier molecular flexibility index (Phi) is 5.12. The molecule has 0 fully saturated rings. The lowest BCUT2D eigenvalue weighted by Gasteiger charge is -2.25. The van der Waals surface area contributed by atoms with Crippen molar-refractivity contribution in [2.75, 3.05) is 13.7 Å². The largest absolute Gasteiger partial charge is 0.469 e. The van der Waals surface area contributed by atoms with Gasteiger partial charge in [-0.2, -0.15) is 0 Å². The summed E-state index contributed by atoms with van der Waals surface area (Å²) in [6.07, 6.45) is 1.64. The molecule has 1 aromatic carbocycles. The maximum absolute atomic E-state index is 12.0. The summed E-state index contributed by atoms with van der Waals surface area (Å²) in [5.74, 6) is -0.256. The molecule has 1 atom stereocenters. The van der Waals surface area contributed by atoms with E-state index in [1.165, 1.54) is 18.2 Å². The highest BCUT2D eigenvalue weighted by molar-refractivity contribution is 5.82. The van der Waals surface area contributed by atoms with Crippen molar-refractivity contribution in [2.24, 2.45) is 0 Å². The summed E-state index contributed by atoms with van der Waals surface area (Å²) in [6, 6.07) is 7.95. The van der Waals surface area contributed by atoms with Gasteiger partial charge in [0.15, 0.2) is 0 Å². The third-order valence-corrected chi connectivity index (χ3v) is 3.48. The van der Waals surface area contributed by atoms with Crippen molar-refractivity contribution in [1.29, 1.82) is 0 Å². The average Bonchev–Trinajstić information content (AvgIpc) is 2.50. The predicted molar refractivity (Wildman–Crippen MR) is 75.0 cm³/mol. The lowest BCUT2D eigenvalue weighted by Crippen LogP contribution is -2.47. The van der Waals surface area contributed by atoms with E-state index < -0.39 is 0 Å². The van der Waals surface area contributed by atoms with Crippen LogP contribution < -0.4 is 10.6 Å². The van der Waals surface area contributed by atoms with Crippen LogP contribution >= 0.6 is 0 Å². The Morgan fingerprint density at radius 3 is 2.85 bits per heavy atom. The van der Waals surface area contributed by atoms with E-state index in [4.69, 9.17) is 0 Å². The van der Waals surface area contributed by atoms with Crippen LogP contribution in [0.25, 0.3) is 0 Å². The molecule has 2 rings (SSSR count). The van der Waals surface area contributed by atoms with E-state index >= 15 is 0 Å². The van der Waals surface area contributed by atoms with Gasteiger partial charge in [-0.05, 0) is 24.0 Å². The first-order valence-electron chi connectivity index (χ1n) is 6.85. The Bertz CT molecular complexity index is 488. The minimum Gasteiger partial charge on any atom is -0.469 e. The number of rotatable bonds is 5. The van der Waals surface area contributed by atoms with E-state index in [0.29, 0.717) is 25.8 Å². The average molecular weight is 276 g/mol. The van der Waals surface area contributed by atoms with Crippen LogP contribution in [0.2, 0.25) is 0 Å². The number of hydrogen-bond donors (Lipinski definition) is 2. The van der Waals surface area contributed by atoms with E-state index in [1.807, 2.05) is 12.1 Å². The van der Waals surface area contributed by atoms with Crippen molar-refractivity contribution in [3.05, 3.63) is 35.4 Å². The van der Waals surface area contributed by atoms with Gasteiger partial charge in [0.2, 0.25) is 5.91 Å². The summed E-state index contributed by atoms with van der Waals surface area (Å²) >= 11 is 0. The molecule has 1 unspecified atom stereocenters. The van der Waals surface area contributed by atoms with Gasteiger partial charge in [-0.15, -0.1) is 0 Å². The lowest BCUT2D eigenvalue weighted by molar-refractivity contribution is -0.140. The van der Waals surface area contributed by atoms with Crippen molar-refractivity contribution < 1.29 is 14.3 Å². The third kappa shape index (κ3) is 3.81. The summed E-state index contributed by atoms with van der Waals surface area (Å²) in [5, 5.41) is 6.09. The Hall–Kier alpha value is -1.88. The molecule has 2 N–H and O–H groups in total. The SMILES string of the molecule is COC(=O)CCCNC(=O)C1Cc2ccccc2CN1. The highest BCUT2D eigenvalue weighted by Gasteiger charge is 2.23. The Morgan fingerprint density at radius 2 is 2.10 bits per heavy atom. The van der Waals surface area contributed by atoms with Crippen molar-refractivity contribution in [1.82, 2.24) is 10.6 Å². The standard InChI is InChI=1S/C15H20N2O3/c1-20-14(18)7-4-8-16-15(19)13-9-11-5-2-3-6-12(11)10-17-13/h2-3,5-6,13,17H,4,7-10H2,1H3,(H,16,19). The van der Waals surface area contributed by atoms with E-state index in [0.717, 1.165) is 6.54 Å². The van der Waals surface area contributed by atoms with Gasteiger partial charge in [-0.25, -0.2) is 0 Å². The molecule has 20 heavy (non-hydrogen) atoms. The number of fused-ring (bicyclic) bond motifs is 1. The molecule has 1 aromatic rings. The molecule has 1 aliphatic rings. The number of nitrogens with one attached hydrogen (secondary N) is 2. The molecule has 5 nitrogen and oxygen atoms in total. The predicted octanol–water partition coefficient (Wildman–Crippen LogP) is 0.770. The van der Waals surface area contributed by atoms with Crippen LogP contribution in [-0.2, 0) is 27.3 Å². The molecule has 0 bridgehead atoms. The Balaban J connectivity index is 1.76. The molecular weight excluding hydrogens is 256 g/mol. The minimum absolute atomic E-state index is 0.00984. The Labute approximate surface area is 118 Å². The fourth-order valence-corrected chi connectivity index (χ4v) is 2.31. The van der Waals surface area contributed by atoms with Crippen molar-refractivity contribution in [3.8, 4) is 0 Å². The van der Waals surface area contributed by atoms with E-state index in [9.17, 15) is 9.59 Å². The van der Waals surface area contributed by atoms with Gasteiger partial charge >= 0.3 is 5.97 Å². The number of hydrogen-bond acceptors (Lipinski definition) is 4. The number of methoxy groups -OCH3 is 1. The zero-order chi connectivity index (χ0) is 14.4. The van der Waals surface area contributed by atoms with Crippen LogP contribution in [0.3, 0.4) is 0 Å². The first-order chi connectivity index (χ1) is 9.70. The van der Waals surface area contributed by atoms with Crippen molar-refractivity contribution >= 4 is 11.9 Å². The van der Waals surface area contributed by atoms with Gasteiger partial charge in [0.25, 0.3) is 0 Å². The first-order valence-corrected chi connectivity index (χ1v) is 6.85. The number of carbonyl (C=O) groups excluding carboxylic acids is 2. The van der Waals surface area contributed by atoms with Crippen LogP contribution in [0.1, 0.15) is 24.0 Å². The first kappa shape index (κ1) is 14.5. The molecule has 5 heteroatoms. The highest BCUT2D eigenvalue weighted by atomic mass is 16.5. The highest BCUT2D eigenvalue weighted by Crippen LogP contribution is 2.16. The molecule has 0 radical (unpaired) electrons. The topological polar surface area (TPSA) is 67.4 Å². The van der Waals surface area contributed by atoms with Crippen LogP contribution in [-0.4, -0.2) is 31.6 Å². The maximum atomic E-state index is 12.0. The number of benzene rings is 1. The van der Waals surface area contributed by atoms with E-state index in [1.54, 1.807) is 0 Å². The van der Waals surface area contributed by atoms with E-state index in [2.05, 4.69) is 27.5 Å². The van der Waals surface area contributed by atoms with Crippen LogP contribution in [0.4, 0.5) is 0 Å². The molecule has 0 saturated heterocycles. The number of carbonyl (C=O) groups is 2. The Morgan fingerprint density at radius 1 is 1.35 bits per heavy atom. The summed E-state index contributed by atoms with van der Waals surface area (Å²) in [7, 11) is 1.37. The number of amides is 1. The molecule has 1 amide bonds. The molecule has 0 aromatic heterocycles. The van der Waals surface area contributed by atoms with Gasteiger partial charge in [0.1, 0.15) is 0 Å². The third-order valence-electron chi connectivity index (χ3n) is 3.48. The summed E-state index contributed by atoms with van der Waals surface area (Å²) in [4.78, 5) is 23.0. The number of esters is 1. The van der Waals surface area contributed by atoms with E-state index in [-0.39, 0.29) is 17.9 Å². The fourth-order valence-electron chi connectivity index (χ4n) is 2.31. The van der Waals surface area contributed by atoms with Crippen LogP contribution in [0.5, 0.6) is 0 Å². The van der Waals surface area contributed by atoms with Crippen molar-refractivity contribution in [2.45, 2.75) is 31.8 Å². The zero-order valence-corrected chi connectivity index (χ0v) is 11.6. The minimum atomic E-state index is -0.246. The quantitative estimate of drug-likeness (QED) is 0.616. The van der Waals surface area contributed by atoms with Crippen LogP contribution in [0.15, 0.2) is 24.3 Å². The number of ether oxygens (including phenoxy) is 1. The molecule has 0 aliphatic carbocycles. The summed E-state index contributed by atoms with van der Waals surface area (Å²) in [6.45, 7) is 1.21. The lowest BCUT2D eigenvalue weighted by atomic mass is 9.95. The second-order valence-electron chi connectivity index (χ2n) is 4.88. The fraction of sp³-hybridized carbons (Fsp3) is 0.467. The molecule has 108 valence electrons. The smallest absolute Gasteiger partial charge is 0.305 e. The molecule has 1 aliphatic heterocycles. The summed E-state index contributed by atoms with van der Waals surface area (Å²) in [5.41, 5.74) is 2.48. The summed E-state index contributed by atoms with van der Waals surface area (Å²) < 4.78 is 4.55. The maximum Gasteiger partial charge on any atom is 0.305 e. The molecule has 0 saturated carbocycles. The second kappa shape index (κ2) is 7.05. The van der Waals surface area contributed by atoms with Gasteiger partial charge in [-0.1, -0.05) is 24.3 Å². The zero-order valence-electron chi connectivity index (χ0n) is 11.6. The van der Waals surface area contributed by atoms with Gasteiger partial charge in [-0.3, -0.25) is 9.59 Å². The second-order valence-corrected chi connectivity index (χ2v) is 4.88. The van der Waals surface area contributed by atoms with Gasteiger partial charge < -0.3 is 15.4 Å². The normalized spacial score (nSPS) is 17.1. The van der Waals surface area contributed by atoms with Crippen LogP contribution in [0, 0.1) is 0 Å². The molecule has 0 spiro atoms. The van der Waals surface area contributed by atoms with Gasteiger partial charge in [0.05, 0.1) is 13.2 Å². The van der Waals surface area contributed by atoms with Gasteiger partial charge in [0, 0.05) is 19.5 Å².